The molecule has 6 nitrogen and oxygen atoms in total. The van der Waals surface area contributed by atoms with Crippen molar-refractivity contribution in [1.29, 1.82) is 0 Å². The van der Waals surface area contributed by atoms with Crippen LogP contribution in [-0.4, -0.2) is 44.4 Å². The van der Waals surface area contributed by atoms with Gasteiger partial charge in [-0.1, -0.05) is 18.2 Å². The monoisotopic (exact) mass is 430 g/mol. The van der Waals surface area contributed by atoms with E-state index in [1.807, 2.05) is 49.8 Å². The van der Waals surface area contributed by atoms with Gasteiger partial charge in [-0.3, -0.25) is 4.68 Å². The molecule has 1 amide bonds. The fourth-order valence-corrected chi connectivity index (χ4v) is 4.65. The zero-order valence-electron chi connectivity index (χ0n) is 19.2. The summed E-state index contributed by atoms with van der Waals surface area (Å²) in [6.07, 6.45) is 5.64. The second-order valence-electron chi connectivity index (χ2n) is 9.83. The number of aryl methyl sites for hydroxylation is 1. The average molecular weight is 431 g/mol. The van der Waals surface area contributed by atoms with E-state index in [9.17, 15) is 4.79 Å². The van der Waals surface area contributed by atoms with Gasteiger partial charge in [0.2, 0.25) is 0 Å². The van der Waals surface area contributed by atoms with Crippen molar-refractivity contribution in [3.05, 3.63) is 54.4 Å². The van der Waals surface area contributed by atoms with Crippen LogP contribution in [-0.2, 0) is 11.8 Å². The highest BCUT2D eigenvalue weighted by Crippen LogP contribution is 2.34. The number of nitrogens with one attached hydrogen (secondary N) is 1. The Kier molecular flexibility index (Phi) is 4.96. The van der Waals surface area contributed by atoms with Crippen LogP contribution in [0.5, 0.6) is 0 Å². The number of hydrogen-bond acceptors (Lipinski definition) is 3. The summed E-state index contributed by atoms with van der Waals surface area (Å²) >= 11 is 0. The number of H-pyrrole nitrogens is 1. The van der Waals surface area contributed by atoms with Gasteiger partial charge in [-0.05, 0) is 68.9 Å². The molecule has 0 saturated carbocycles. The highest BCUT2D eigenvalue weighted by Gasteiger charge is 2.27. The lowest BCUT2D eigenvalue weighted by atomic mass is 9.88. The number of aromatic amines is 1. The van der Waals surface area contributed by atoms with Gasteiger partial charge in [0, 0.05) is 53.7 Å². The summed E-state index contributed by atoms with van der Waals surface area (Å²) in [5, 5.41) is 6.78. The van der Waals surface area contributed by atoms with Gasteiger partial charge in [0.15, 0.2) is 0 Å². The predicted molar refractivity (Wildman–Crippen MR) is 128 cm³/mol. The second kappa shape index (κ2) is 7.69. The first-order valence-electron chi connectivity index (χ1n) is 11.3. The number of carbonyl (C=O) groups is 1. The zero-order valence-corrected chi connectivity index (χ0v) is 19.2. The van der Waals surface area contributed by atoms with E-state index < -0.39 is 5.60 Å². The van der Waals surface area contributed by atoms with Gasteiger partial charge in [-0.25, -0.2) is 4.79 Å². The highest BCUT2D eigenvalue weighted by atomic mass is 16.6. The Balaban J connectivity index is 1.37. The SMILES string of the molecule is Cn1cc(-c2ccc3c(c2)[nH]c2ccc(C4CCN(C(=O)OC(C)(C)C)CC4)cc23)cn1. The first-order valence-corrected chi connectivity index (χ1v) is 11.3. The number of fused-ring (bicyclic) bond motifs is 3. The smallest absolute Gasteiger partial charge is 0.410 e. The summed E-state index contributed by atoms with van der Waals surface area (Å²) in [6.45, 7) is 7.20. The van der Waals surface area contributed by atoms with Crippen molar-refractivity contribution in [2.24, 2.45) is 7.05 Å². The summed E-state index contributed by atoms with van der Waals surface area (Å²) in [6, 6.07) is 13.3. The van der Waals surface area contributed by atoms with Crippen molar-refractivity contribution in [2.75, 3.05) is 13.1 Å². The molecule has 0 bridgehead atoms. The summed E-state index contributed by atoms with van der Waals surface area (Å²) in [5.74, 6) is 0.456. The molecule has 1 N–H and O–H groups in total. The maximum Gasteiger partial charge on any atom is 0.410 e. The van der Waals surface area contributed by atoms with E-state index in [0.29, 0.717) is 5.92 Å². The first-order chi connectivity index (χ1) is 15.3. The Labute approximate surface area is 188 Å². The van der Waals surface area contributed by atoms with Gasteiger partial charge >= 0.3 is 6.09 Å². The molecule has 3 heterocycles. The minimum absolute atomic E-state index is 0.201. The van der Waals surface area contributed by atoms with Gasteiger partial charge < -0.3 is 14.6 Å². The van der Waals surface area contributed by atoms with Crippen LogP contribution in [0.1, 0.15) is 45.1 Å². The molecule has 2 aromatic heterocycles. The number of piperidine rings is 1. The summed E-state index contributed by atoms with van der Waals surface area (Å²) in [4.78, 5) is 17.8. The van der Waals surface area contributed by atoms with Gasteiger partial charge in [0.1, 0.15) is 5.60 Å². The Hall–Kier alpha value is -3.28. The number of aromatic nitrogens is 3. The van der Waals surface area contributed by atoms with E-state index in [1.165, 1.54) is 16.3 Å². The van der Waals surface area contributed by atoms with Crippen molar-refractivity contribution in [1.82, 2.24) is 19.7 Å². The Morgan fingerprint density at radius 3 is 2.50 bits per heavy atom. The molecule has 2 aromatic carbocycles. The Morgan fingerprint density at radius 1 is 1.03 bits per heavy atom. The Morgan fingerprint density at radius 2 is 1.81 bits per heavy atom. The number of rotatable bonds is 2. The van der Waals surface area contributed by atoms with E-state index in [4.69, 9.17) is 4.74 Å². The molecule has 32 heavy (non-hydrogen) atoms. The number of hydrogen-bond donors (Lipinski definition) is 1. The lowest BCUT2D eigenvalue weighted by Crippen LogP contribution is -2.41. The predicted octanol–water partition coefficient (Wildman–Crippen LogP) is 5.84. The van der Waals surface area contributed by atoms with Gasteiger partial charge in [-0.15, -0.1) is 0 Å². The first kappa shape index (κ1) is 20.6. The van der Waals surface area contributed by atoms with Crippen LogP contribution in [0.4, 0.5) is 4.79 Å². The lowest BCUT2D eigenvalue weighted by Gasteiger charge is -2.33. The van der Waals surface area contributed by atoms with Crippen LogP contribution >= 0.6 is 0 Å². The van der Waals surface area contributed by atoms with Gasteiger partial charge in [-0.2, -0.15) is 5.10 Å². The number of ether oxygens (including phenoxy) is 1. The largest absolute Gasteiger partial charge is 0.444 e. The summed E-state index contributed by atoms with van der Waals surface area (Å²) < 4.78 is 7.36. The molecule has 0 atom stereocenters. The molecule has 4 aromatic rings. The van der Waals surface area contributed by atoms with Crippen molar-refractivity contribution >= 4 is 27.9 Å². The van der Waals surface area contributed by atoms with Crippen molar-refractivity contribution < 1.29 is 9.53 Å². The number of nitrogens with zero attached hydrogens (tertiary/aromatic N) is 3. The Bertz CT molecular complexity index is 1290. The second-order valence-corrected chi connectivity index (χ2v) is 9.83. The standard InChI is InChI=1S/C26H30N4O2/c1-26(2,3)32-25(31)30-11-9-17(10-12-30)18-6-8-23-22(13-18)21-7-5-19(14-24(21)28-23)20-15-27-29(4)16-20/h5-8,13-17,28H,9-12H2,1-4H3. The fraction of sp³-hybridized carbons (Fsp3) is 0.385. The van der Waals surface area contributed by atoms with Gasteiger partial charge in [0.05, 0.1) is 6.20 Å². The number of amides is 1. The molecule has 166 valence electrons. The molecule has 1 aliphatic rings. The molecule has 0 unspecified atom stereocenters. The molecule has 1 fully saturated rings. The maximum absolute atomic E-state index is 12.4. The number of carbonyl (C=O) groups excluding carboxylic acids is 1. The van der Waals surface area contributed by atoms with E-state index in [1.54, 1.807) is 0 Å². The third-order valence-electron chi connectivity index (χ3n) is 6.28. The van der Waals surface area contributed by atoms with Crippen LogP contribution in [0.15, 0.2) is 48.8 Å². The van der Waals surface area contributed by atoms with Gasteiger partial charge in [0.25, 0.3) is 0 Å². The molecule has 6 heteroatoms. The van der Waals surface area contributed by atoms with Crippen LogP contribution in [0, 0.1) is 0 Å². The third kappa shape index (κ3) is 3.97. The topological polar surface area (TPSA) is 63.2 Å². The van der Waals surface area contributed by atoms with Crippen molar-refractivity contribution in [3.63, 3.8) is 0 Å². The van der Waals surface area contributed by atoms with E-state index in [-0.39, 0.29) is 6.09 Å². The summed E-state index contributed by atoms with van der Waals surface area (Å²) in [5.41, 5.74) is 5.46. The van der Waals surface area contributed by atoms with Crippen molar-refractivity contribution in [2.45, 2.75) is 45.1 Å². The molecule has 0 aliphatic carbocycles. The quantitative estimate of drug-likeness (QED) is 0.435. The molecule has 5 rings (SSSR count). The van der Waals surface area contributed by atoms with E-state index in [0.717, 1.165) is 48.1 Å². The van der Waals surface area contributed by atoms with Crippen LogP contribution in [0.25, 0.3) is 32.9 Å². The minimum atomic E-state index is -0.453. The summed E-state index contributed by atoms with van der Waals surface area (Å²) in [7, 11) is 1.94. The number of benzene rings is 2. The van der Waals surface area contributed by atoms with E-state index >= 15 is 0 Å². The molecule has 0 spiro atoms. The molecular formula is C26H30N4O2. The zero-order chi connectivity index (χ0) is 22.5. The maximum atomic E-state index is 12.4. The normalized spacial score (nSPS) is 15.6. The minimum Gasteiger partial charge on any atom is -0.444 e. The molecule has 0 radical (unpaired) electrons. The lowest BCUT2D eigenvalue weighted by molar-refractivity contribution is 0.0205. The molecular weight excluding hydrogens is 400 g/mol. The third-order valence-corrected chi connectivity index (χ3v) is 6.28. The molecule has 1 saturated heterocycles. The van der Waals surface area contributed by atoms with Crippen LogP contribution in [0.3, 0.4) is 0 Å². The van der Waals surface area contributed by atoms with E-state index in [2.05, 4.69) is 46.5 Å². The average Bonchev–Trinajstić information content (AvgIpc) is 3.35. The van der Waals surface area contributed by atoms with Crippen LogP contribution in [0.2, 0.25) is 0 Å². The highest BCUT2D eigenvalue weighted by molar-refractivity contribution is 6.08. The molecule has 1 aliphatic heterocycles. The van der Waals surface area contributed by atoms with Crippen molar-refractivity contribution in [3.8, 4) is 11.1 Å². The fourth-order valence-electron chi connectivity index (χ4n) is 4.65. The number of likely N-dealkylation sites (tertiary alicyclic amines) is 1. The van der Waals surface area contributed by atoms with Crippen LogP contribution < -0.4 is 0 Å².